The molecular weight excluding hydrogens is 294 g/mol. The number of nitrogens with zero attached hydrogens (tertiary/aromatic N) is 3. The molecule has 0 spiro atoms. The molecule has 23 heavy (non-hydrogen) atoms. The van der Waals surface area contributed by atoms with Crippen LogP contribution in [0.3, 0.4) is 0 Å². The third-order valence-corrected chi connectivity index (χ3v) is 5.08. The van der Waals surface area contributed by atoms with E-state index in [0.717, 1.165) is 38.3 Å². The van der Waals surface area contributed by atoms with Crippen LogP contribution in [-0.4, -0.2) is 59.0 Å². The largest absolute Gasteiger partial charge is 0.378 e. The Bertz CT molecular complexity index is 549. The van der Waals surface area contributed by atoms with Gasteiger partial charge in [-0.25, -0.2) is 0 Å². The van der Waals surface area contributed by atoms with E-state index < -0.39 is 0 Å². The Balaban J connectivity index is 1.31. The molecule has 6 heteroatoms. The van der Waals surface area contributed by atoms with Crippen molar-refractivity contribution in [2.75, 3.05) is 19.8 Å². The Labute approximate surface area is 136 Å². The molecular formula is C17H23N3O3. The minimum atomic E-state index is 0.0411. The molecule has 2 saturated heterocycles. The second kappa shape index (κ2) is 6.53. The summed E-state index contributed by atoms with van der Waals surface area (Å²) in [6.07, 6.45) is 8.93. The van der Waals surface area contributed by atoms with E-state index in [9.17, 15) is 4.79 Å². The van der Waals surface area contributed by atoms with Crippen molar-refractivity contribution < 1.29 is 14.3 Å². The summed E-state index contributed by atoms with van der Waals surface area (Å²) in [5.74, 6) is 0.833. The summed E-state index contributed by atoms with van der Waals surface area (Å²) < 4.78 is 12.0. The highest BCUT2D eigenvalue weighted by Crippen LogP contribution is 2.33. The van der Waals surface area contributed by atoms with Gasteiger partial charge >= 0.3 is 0 Å². The SMILES string of the molecule is O=C(c1ccnnc1)N1CC[C@@H]2O[C@@H](COCC3CC3)CC[C@@H]21. The Hall–Kier alpha value is -1.53. The standard InChI is InChI=1S/C17H23N3O3/c21-17(13-5-7-18-19-9-13)20-8-6-16-15(20)4-3-14(23-16)11-22-10-12-1-2-12/h5,7,9,12,14-16H,1-4,6,8,10-11H2/t14-,15+,16+/m1/s1. The minimum Gasteiger partial charge on any atom is -0.378 e. The fourth-order valence-corrected chi connectivity index (χ4v) is 3.61. The van der Waals surface area contributed by atoms with Gasteiger partial charge in [-0.2, -0.15) is 10.2 Å². The normalized spacial score (nSPS) is 30.3. The average molecular weight is 317 g/mol. The van der Waals surface area contributed by atoms with E-state index in [1.54, 1.807) is 12.3 Å². The number of aromatic nitrogens is 2. The molecule has 0 aromatic carbocycles. The highest BCUT2D eigenvalue weighted by atomic mass is 16.5. The molecule has 0 bridgehead atoms. The van der Waals surface area contributed by atoms with Crippen LogP contribution in [0.4, 0.5) is 0 Å². The van der Waals surface area contributed by atoms with Gasteiger partial charge in [0.1, 0.15) is 0 Å². The van der Waals surface area contributed by atoms with E-state index in [-0.39, 0.29) is 24.2 Å². The Morgan fingerprint density at radius 3 is 2.91 bits per heavy atom. The molecule has 1 amide bonds. The van der Waals surface area contributed by atoms with Crippen LogP contribution in [0.2, 0.25) is 0 Å². The first-order chi connectivity index (χ1) is 11.3. The zero-order chi connectivity index (χ0) is 15.6. The van der Waals surface area contributed by atoms with E-state index in [1.165, 1.54) is 19.0 Å². The maximum absolute atomic E-state index is 12.6. The van der Waals surface area contributed by atoms with Gasteiger partial charge in [0.25, 0.3) is 5.91 Å². The van der Waals surface area contributed by atoms with E-state index in [4.69, 9.17) is 9.47 Å². The number of ether oxygens (including phenoxy) is 2. The van der Waals surface area contributed by atoms with Crippen LogP contribution in [0.5, 0.6) is 0 Å². The highest BCUT2D eigenvalue weighted by molar-refractivity contribution is 5.94. The molecule has 3 atom stereocenters. The van der Waals surface area contributed by atoms with E-state index in [0.29, 0.717) is 12.2 Å². The maximum Gasteiger partial charge on any atom is 0.255 e. The van der Waals surface area contributed by atoms with Crippen LogP contribution in [0, 0.1) is 5.92 Å². The van der Waals surface area contributed by atoms with Crippen LogP contribution in [0.25, 0.3) is 0 Å². The minimum absolute atomic E-state index is 0.0411. The smallest absolute Gasteiger partial charge is 0.255 e. The second-order valence-corrected chi connectivity index (χ2v) is 6.84. The van der Waals surface area contributed by atoms with Gasteiger partial charge in [0.2, 0.25) is 0 Å². The molecule has 0 radical (unpaired) electrons. The van der Waals surface area contributed by atoms with Gasteiger partial charge in [-0.1, -0.05) is 0 Å². The topological polar surface area (TPSA) is 64.6 Å². The van der Waals surface area contributed by atoms with Gasteiger partial charge in [0.05, 0.1) is 42.8 Å². The zero-order valence-electron chi connectivity index (χ0n) is 13.3. The van der Waals surface area contributed by atoms with E-state index >= 15 is 0 Å². The van der Waals surface area contributed by atoms with Gasteiger partial charge in [-0.15, -0.1) is 0 Å². The molecule has 1 saturated carbocycles. The molecule has 6 nitrogen and oxygen atoms in total. The van der Waals surface area contributed by atoms with Crippen LogP contribution in [0.1, 0.15) is 42.5 Å². The summed E-state index contributed by atoms with van der Waals surface area (Å²) in [6, 6.07) is 1.91. The van der Waals surface area contributed by atoms with Gasteiger partial charge in [0, 0.05) is 13.2 Å². The number of hydrogen-bond acceptors (Lipinski definition) is 5. The molecule has 4 rings (SSSR count). The van der Waals surface area contributed by atoms with Crippen molar-refractivity contribution in [2.45, 2.75) is 50.4 Å². The zero-order valence-corrected chi connectivity index (χ0v) is 13.3. The number of rotatable bonds is 5. The predicted molar refractivity (Wildman–Crippen MR) is 82.9 cm³/mol. The summed E-state index contributed by atoms with van der Waals surface area (Å²) in [4.78, 5) is 14.6. The molecule has 1 aliphatic carbocycles. The third-order valence-electron chi connectivity index (χ3n) is 5.08. The molecule has 3 fully saturated rings. The summed E-state index contributed by atoms with van der Waals surface area (Å²) in [6.45, 7) is 2.34. The molecule has 2 aliphatic heterocycles. The average Bonchev–Trinajstić information content (AvgIpc) is 3.32. The Morgan fingerprint density at radius 2 is 2.13 bits per heavy atom. The lowest BCUT2D eigenvalue weighted by Crippen LogP contribution is -2.46. The summed E-state index contributed by atoms with van der Waals surface area (Å²) >= 11 is 0. The molecule has 3 aliphatic rings. The van der Waals surface area contributed by atoms with Crippen LogP contribution in [-0.2, 0) is 9.47 Å². The first-order valence-electron chi connectivity index (χ1n) is 8.62. The number of carbonyl (C=O) groups excluding carboxylic acids is 1. The highest BCUT2D eigenvalue weighted by Gasteiger charge is 2.42. The fraction of sp³-hybridized carbons (Fsp3) is 0.706. The first-order valence-corrected chi connectivity index (χ1v) is 8.62. The van der Waals surface area contributed by atoms with Crippen molar-refractivity contribution in [2.24, 2.45) is 5.92 Å². The van der Waals surface area contributed by atoms with E-state index in [1.807, 2.05) is 4.90 Å². The van der Waals surface area contributed by atoms with Crippen molar-refractivity contribution in [3.05, 3.63) is 24.0 Å². The van der Waals surface area contributed by atoms with Gasteiger partial charge < -0.3 is 14.4 Å². The number of hydrogen-bond donors (Lipinski definition) is 0. The Morgan fingerprint density at radius 1 is 1.22 bits per heavy atom. The second-order valence-electron chi connectivity index (χ2n) is 6.84. The van der Waals surface area contributed by atoms with Crippen molar-refractivity contribution in [1.29, 1.82) is 0 Å². The summed E-state index contributed by atoms with van der Waals surface area (Å²) in [5.41, 5.74) is 0.607. The van der Waals surface area contributed by atoms with Gasteiger partial charge in [-0.3, -0.25) is 4.79 Å². The fourth-order valence-electron chi connectivity index (χ4n) is 3.61. The number of likely N-dealkylation sites (tertiary alicyclic amines) is 1. The predicted octanol–water partition coefficient (Wildman–Crippen LogP) is 1.67. The van der Waals surface area contributed by atoms with Gasteiger partial charge in [-0.05, 0) is 44.1 Å². The Kier molecular flexibility index (Phi) is 4.27. The van der Waals surface area contributed by atoms with Crippen molar-refractivity contribution >= 4 is 5.91 Å². The molecule has 0 N–H and O–H groups in total. The molecule has 1 aromatic heterocycles. The van der Waals surface area contributed by atoms with Gasteiger partial charge in [0.15, 0.2) is 0 Å². The summed E-state index contributed by atoms with van der Waals surface area (Å²) in [7, 11) is 0. The van der Waals surface area contributed by atoms with Crippen molar-refractivity contribution in [3.63, 3.8) is 0 Å². The molecule has 3 heterocycles. The first kappa shape index (κ1) is 15.0. The van der Waals surface area contributed by atoms with E-state index in [2.05, 4.69) is 10.2 Å². The van der Waals surface area contributed by atoms with Crippen LogP contribution < -0.4 is 0 Å². The lowest BCUT2D eigenvalue weighted by molar-refractivity contribution is -0.0973. The van der Waals surface area contributed by atoms with Crippen molar-refractivity contribution in [1.82, 2.24) is 15.1 Å². The van der Waals surface area contributed by atoms with Crippen LogP contribution >= 0.6 is 0 Å². The lowest BCUT2D eigenvalue weighted by atomic mass is 9.99. The number of fused-ring (bicyclic) bond motifs is 1. The van der Waals surface area contributed by atoms with Crippen LogP contribution in [0.15, 0.2) is 18.5 Å². The maximum atomic E-state index is 12.6. The number of carbonyl (C=O) groups is 1. The monoisotopic (exact) mass is 317 g/mol. The molecule has 1 aromatic rings. The molecule has 124 valence electrons. The third kappa shape index (κ3) is 3.38. The quantitative estimate of drug-likeness (QED) is 0.826. The van der Waals surface area contributed by atoms with Crippen molar-refractivity contribution in [3.8, 4) is 0 Å². The molecule has 0 unspecified atom stereocenters. The lowest BCUT2D eigenvalue weighted by Gasteiger charge is -2.35. The summed E-state index contributed by atoms with van der Waals surface area (Å²) in [5, 5.41) is 7.53. The number of amides is 1.